The topological polar surface area (TPSA) is 221 Å². The van der Waals surface area contributed by atoms with Gasteiger partial charge in [0.2, 0.25) is 5.88 Å². The lowest BCUT2D eigenvalue weighted by Crippen LogP contribution is -2.62. The van der Waals surface area contributed by atoms with Crippen molar-refractivity contribution in [1.82, 2.24) is 34.9 Å². The summed E-state index contributed by atoms with van der Waals surface area (Å²) in [5.74, 6) is -0.761. The van der Waals surface area contributed by atoms with E-state index in [1.165, 1.54) is 17.3 Å². The van der Waals surface area contributed by atoms with E-state index in [1.54, 1.807) is 12.3 Å². The molecular formula is C32H53N7O11P2S2Si2. The molecule has 18 nitrogen and oxygen atoms in total. The molecule has 2 N–H and O–H groups in total. The van der Waals surface area contributed by atoms with E-state index in [9.17, 15) is 18.7 Å². The molecule has 3 aromatic heterocycles. The summed E-state index contributed by atoms with van der Waals surface area (Å²) in [4.78, 5) is 39.9. The summed E-state index contributed by atoms with van der Waals surface area (Å²) in [6, 6.07) is 0.806. The van der Waals surface area contributed by atoms with Crippen LogP contribution in [0.4, 0.5) is 0 Å². The van der Waals surface area contributed by atoms with Gasteiger partial charge in [0.05, 0.1) is 37.8 Å². The fraction of sp³-hybridized carbons (Fsp3) is 0.750. The maximum Gasteiger partial charge on any atom is 0.386 e. The molecule has 0 radical (unpaired) electrons. The number of aromatic nitrogens is 7. The fourth-order valence-corrected chi connectivity index (χ4v) is 21.2. The van der Waals surface area contributed by atoms with Crippen molar-refractivity contribution in [2.24, 2.45) is 11.8 Å². The molecule has 3 aliphatic rings. The van der Waals surface area contributed by atoms with Crippen molar-refractivity contribution in [3.8, 4) is 5.88 Å². The van der Waals surface area contributed by atoms with Gasteiger partial charge in [0.1, 0.15) is 18.5 Å². The second-order valence-corrected chi connectivity index (χ2v) is 30.4. The third kappa shape index (κ3) is 9.27. The van der Waals surface area contributed by atoms with E-state index in [0.717, 1.165) is 0 Å². The maximum absolute atomic E-state index is 14.5. The zero-order valence-corrected chi connectivity index (χ0v) is 38.3. The third-order valence-electron chi connectivity index (χ3n) is 11.1. The van der Waals surface area contributed by atoms with Crippen molar-refractivity contribution >= 4 is 66.4 Å². The molecule has 9 atom stereocenters. The lowest BCUT2D eigenvalue weighted by Gasteiger charge is -2.48. The molecule has 1 saturated heterocycles. The first kappa shape index (κ1) is 44.0. The number of aromatic amines is 1. The van der Waals surface area contributed by atoms with E-state index < -0.39 is 78.6 Å². The van der Waals surface area contributed by atoms with Gasteiger partial charge in [-0.25, -0.2) is 28.8 Å². The minimum Gasteiger partial charge on any atom is -0.474 e. The Morgan fingerprint density at radius 3 is 2.21 bits per heavy atom. The summed E-state index contributed by atoms with van der Waals surface area (Å²) < 4.78 is 75.2. The lowest BCUT2D eigenvalue weighted by molar-refractivity contribution is -0.00206. The van der Waals surface area contributed by atoms with Gasteiger partial charge < -0.3 is 32.1 Å². The van der Waals surface area contributed by atoms with Crippen LogP contribution in [0.1, 0.15) is 80.7 Å². The van der Waals surface area contributed by atoms with E-state index in [2.05, 4.69) is 54.7 Å². The van der Waals surface area contributed by atoms with Crippen molar-refractivity contribution < 1.29 is 45.3 Å². The van der Waals surface area contributed by atoms with Gasteiger partial charge in [-0.05, 0) is 35.0 Å². The summed E-state index contributed by atoms with van der Waals surface area (Å²) in [5, 5.41) is 8.41. The van der Waals surface area contributed by atoms with Crippen molar-refractivity contribution in [3.63, 3.8) is 0 Å². The minimum absolute atomic E-state index is 0.0104. The highest BCUT2D eigenvalue weighted by Crippen LogP contribution is 2.62. The first-order valence-electron chi connectivity index (χ1n) is 18.9. The van der Waals surface area contributed by atoms with Crippen molar-refractivity contribution in [1.29, 1.82) is 0 Å². The Morgan fingerprint density at radius 1 is 0.929 bits per heavy atom. The molecular weight excluding hydrogens is 841 g/mol. The van der Waals surface area contributed by atoms with Crippen LogP contribution in [0.15, 0.2) is 29.7 Å². The second kappa shape index (κ2) is 17.2. The molecule has 56 heavy (non-hydrogen) atoms. The predicted octanol–water partition coefficient (Wildman–Crippen LogP) is 6.53. The number of ether oxygens (including phenoxy) is 1. The van der Waals surface area contributed by atoms with Crippen LogP contribution in [0.5, 0.6) is 5.88 Å². The molecule has 6 rings (SSSR count). The van der Waals surface area contributed by atoms with Crippen LogP contribution in [0.25, 0.3) is 11.2 Å². The molecule has 2 saturated carbocycles. The van der Waals surface area contributed by atoms with Crippen LogP contribution in [-0.4, -0.2) is 94.5 Å². The molecule has 2 bridgehead atoms. The number of nitrogens with zero attached hydrogens (tertiary/aromatic N) is 6. The Balaban J connectivity index is 1.42. The molecule has 1 aliphatic heterocycles. The molecule has 0 amide bonds. The molecule has 4 heterocycles. The Kier molecular flexibility index (Phi) is 13.5. The van der Waals surface area contributed by atoms with Gasteiger partial charge in [-0.2, -0.15) is 0 Å². The first-order chi connectivity index (χ1) is 26.2. The summed E-state index contributed by atoms with van der Waals surface area (Å²) in [6.45, 7) is 7.12. The van der Waals surface area contributed by atoms with Crippen LogP contribution in [-0.2, 0) is 35.8 Å². The Bertz CT molecular complexity index is 1970. The van der Waals surface area contributed by atoms with Crippen molar-refractivity contribution in [2.45, 2.75) is 127 Å². The molecule has 312 valence electrons. The lowest BCUT2D eigenvalue weighted by atomic mass is 10.1. The first-order valence-corrected chi connectivity index (χ1v) is 28.3. The van der Waals surface area contributed by atoms with Crippen molar-refractivity contribution in [3.05, 3.63) is 35.3 Å². The highest BCUT2D eigenvalue weighted by molar-refractivity contribution is 8.44. The average molecular weight is 894 g/mol. The standard InChI is InChI=1S/C32H53N7O11P2S2Si2/c1-18(2)55(43,19(3)4)50-56(20(5)6,21(7)8)49-29-23-12-25(39-31-28(37-38-39)32(40)36-17-35-31)30(29)48-52(42,54)44-14-22-11-24(46-27-9-10-33-16-34-27)13-26(22)47-51(41,53)45-15-23/h9-10,16-26,29-30,43H,11-15H2,1-8H3,(H,41,53)(H,42,54)(H,35,36,40)/t22-,23?,24-,25-,26+,29-,30+,51-,52-/m1/s1. The minimum atomic E-state index is -4.25. The monoisotopic (exact) mass is 893 g/mol. The summed E-state index contributed by atoms with van der Waals surface area (Å²) in [7, 11) is -6.94. The van der Waals surface area contributed by atoms with Crippen LogP contribution in [0.2, 0.25) is 22.2 Å². The van der Waals surface area contributed by atoms with E-state index >= 15 is 0 Å². The summed E-state index contributed by atoms with van der Waals surface area (Å²) in [5.41, 5.74) is -1.08. The smallest absolute Gasteiger partial charge is 0.386 e. The van der Waals surface area contributed by atoms with Gasteiger partial charge in [-0.15, -0.1) is 5.10 Å². The van der Waals surface area contributed by atoms with Gasteiger partial charge in [-0.1, -0.05) is 85.1 Å². The molecule has 2 aliphatic carbocycles. The van der Waals surface area contributed by atoms with E-state index in [0.29, 0.717) is 18.7 Å². The molecule has 3 fully saturated rings. The largest absolute Gasteiger partial charge is 0.474 e. The molecule has 3 aromatic rings. The predicted molar refractivity (Wildman–Crippen MR) is 217 cm³/mol. The number of hydrogen-bond acceptors (Lipinski definition) is 16. The van der Waals surface area contributed by atoms with E-state index in [4.69, 9.17) is 31.4 Å². The zero-order chi connectivity index (χ0) is 40.8. The fourth-order valence-electron chi connectivity index (χ4n) is 8.05. The van der Waals surface area contributed by atoms with Crippen LogP contribution < -0.4 is 10.3 Å². The SMILES string of the molecule is CC(C)[Si](O)(O[Si](O[C@@H]1C2CO[P@@](=O)(S)O[C@H]3C[C@H](Oc4ccncn4)C[C@@H]3CO[P@@](=O)(S)O[C@H]1[C@H](n1nnc3c(=O)[nH]cnc31)C2)(C(C)C)C(C)C)C(C)C. The molecule has 1 unspecified atom stereocenters. The quantitative estimate of drug-likeness (QED) is 0.0912. The normalized spacial score (nSPS) is 32.2. The number of nitrogens with one attached hydrogen (secondary N) is 1. The second-order valence-electron chi connectivity index (χ2n) is 16.0. The number of thiol groups is 2. The van der Waals surface area contributed by atoms with Crippen LogP contribution >= 0.6 is 38.1 Å². The highest BCUT2D eigenvalue weighted by Gasteiger charge is 2.60. The number of rotatable bonds is 11. The summed E-state index contributed by atoms with van der Waals surface area (Å²) >= 11 is 8.90. The van der Waals surface area contributed by atoms with Gasteiger partial charge in [0, 0.05) is 30.5 Å². The summed E-state index contributed by atoms with van der Waals surface area (Å²) in [6.07, 6.45) is 1.78. The Hall–Kier alpha value is -1.53. The van der Waals surface area contributed by atoms with Gasteiger partial charge >= 0.3 is 30.7 Å². The van der Waals surface area contributed by atoms with Gasteiger partial charge in [0.25, 0.3) is 5.56 Å². The van der Waals surface area contributed by atoms with Gasteiger partial charge in [0.15, 0.2) is 11.2 Å². The van der Waals surface area contributed by atoms with Crippen LogP contribution in [0, 0.1) is 11.8 Å². The number of hydrogen-bond donors (Lipinski definition) is 4. The Labute approximate surface area is 338 Å². The number of H-pyrrole nitrogens is 1. The van der Waals surface area contributed by atoms with Gasteiger partial charge in [-0.3, -0.25) is 13.8 Å². The zero-order valence-electron chi connectivity index (χ0n) is 32.7. The molecule has 24 heteroatoms. The molecule has 0 spiro atoms. The average Bonchev–Trinajstić information content (AvgIpc) is 3.81. The molecule has 0 aromatic carbocycles. The highest BCUT2D eigenvalue weighted by atomic mass is 32.7. The maximum atomic E-state index is 14.5. The van der Waals surface area contributed by atoms with E-state index in [1.807, 2.05) is 55.4 Å². The van der Waals surface area contributed by atoms with Crippen LogP contribution in [0.3, 0.4) is 0 Å². The van der Waals surface area contributed by atoms with E-state index in [-0.39, 0.29) is 53.0 Å². The van der Waals surface area contributed by atoms with Crippen molar-refractivity contribution in [2.75, 3.05) is 13.2 Å². The third-order valence-corrected chi connectivity index (χ3v) is 24.1. The number of fused-ring (bicyclic) bond motifs is 4. The Morgan fingerprint density at radius 2 is 1.59 bits per heavy atom.